The van der Waals surface area contributed by atoms with Crippen molar-refractivity contribution in [2.24, 2.45) is 0 Å². The molecule has 30 heavy (non-hydrogen) atoms. The van der Waals surface area contributed by atoms with Gasteiger partial charge in [-0.05, 0) is 44.9 Å². The lowest BCUT2D eigenvalue weighted by atomic mass is 10.1. The molecular formula is C23H29F2N3O2. The second kappa shape index (κ2) is 9.89. The highest BCUT2D eigenvalue weighted by Crippen LogP contribution is 2.29. The molecule has 1 heterocycles. The molecule has 2 aromatic rings. The first kappa shape index (κ1) is 22.0. The van der Waals surface area contributed by atoms with Crippen molar-refractivity contribution in [3.63, 3.8) is 0 Å². The molecule has 2 aromatic carbocycles. The van der Waals surface area contributed by atoms with Crippen molar-refractivity contribution >= 4 is 11.7 Å². The smallest absolute Gasteiger partial charge is 0.387 e. The Labute approximate surface area is 176 Å². The van der Waals surface area contributed by atoms with E-state index in [1.54, 1.807) is 19.1 Å². The summed E-state index contributed by atoms with van der Waals surface area (Å²) in [4.78, 5) is 17.2. The van der Waals surface area contributed by atoms with Gasteiger partial charge in [-0.3, -0.25) is 4.90 Å². The Morgan fingerprint density at radius 1 is 1.23 bits per heavy atom. The third-order valence-electron chi connectivity index (χ3n) is 5.81. The Hall–Kier alpha value is -2.67. The molecular weight excluding hydrogens is 388 g/mol. The SMILES string of the molecule is CCN(C(=O)Nc1cccc(OC(F)F)c1C)[C@H]1CCN([C@@H](C)c2ccccc2)C1. The number of likely N-dealkylation sites (N-methyl/N-ethyl adjacent to an activating group) is 1. The summed E-state index contributed by atoms with van der Waals surface area (Å²) < 4.78 is 29.7. The summed E-state index contributed by atoms with van der Waals surface area (Å²) in [6.45, 7) is 5.17. The van der Waals surface area contributed by atoms with E-state index in [1.807, 2.05) is 30.0 Å². The van der Waals surface area contributed by atoms with E-state index in [1.165, 1.54) is 11.6 Å². The quantitative estimate of drug-likeness (QED) is 0.666. The van der Waals surface area contributed by atoms with Crippen LogP contribution in [0.2, 0.25) is 0 Å². The normalized spacial score (nSPS) is 17.7. The van der Waals surface area contributed by atoms with Crippen LogP contribution < -0.4 is 10.1 Å². The van der Waals surface area contributed by atoms with Crippen LogP contribution in [0.3, 0.4) is 0 Å². The summed E-state index contributed by atoms with van der Waals surface area (Å²) in [7, 11) is 0. The first-order valence-electron chi connectivity index (χ1n) is 10.3. The van der Waals surface area contributed by atoms with Gasteiger partial charge in [0.25, 0.3) is 0 Å². The number of amides is 2. The fraction of sp³-hybridized carbons (Fsp3) is 0.435. The molecule has 1 N–H and O–H groups in total. The van der Waals surface area contributed by atoms with Crippen LogP contribution in [0.4, 0.5) is 19.3 Å². The molecule has 1 aliphatic heterocycles. The second-order valence-corrected chi connectivity index (χ2v) is 7.55. The molecule has 0 radical (unpaired) electrons. The van der Waals surface area contributed by atoms with Crippen molar-refractivity contribution < 1.29 is 18.3 Å². The number of halogens is 2. The largest absolute Gasteiger partial charge is 0.434 e. The van der Waals surface area contributed by atoms with E-state index in [0.29, 0.717) is 17.8 Å². The maximum absolute atomic E-state index is 13.0. The van der Waals surface area contributed by atoms with Gasteiger partial charge in [-0.25, -0.2) is 4.79 Å². The average molecular weight is 418 g/mol. The number of anilines is 1. The molecule has 1 fully saturated rings. The van der Waals surface area contributed by atoms with Crippen LogP contribution in [0.5, 0.6) is 5.75 Å². The molecule has 0 aromatic heterocycles. The lowest BCUT2D eigenvalue weighted by Gasteiger charge is -2.30. The number of urea groups is 1. The van der Waals surface area contributed by atoms with Crippen LogP contribution in [-0.2, 0) is 0 Å². The Morgan fingerprint density at radius 2 is 1.97 bits per heavy atom. The first-order chi connectivity index (χ1) is 14.4. The highest BCUT2D eigenvalue weighted by atomic mass is 19.3. The maximum atomic E-state index is 13.0. The molecule has 5 nitrogen and oxygen atoms in total. The van der Waals surface area contributed by atoms with Gasteiger partial charge < -0.3 is 15.0 Å². The Balaban J connectivity index is 1.66. The van der Waals surface area contributed by atoms with Gasteiger partial charge in [-0.1, -0.05) is 36.4 Å². The lowest BCUT2D eigenvalue weighted by Crippen LogP contribution is -2.44. The van der Waals surface area contributed by atoms with Crippen molar-refractivity contribution in [1.29, 1.82) is 0 Å². The van der Waals surface area contributed by atoms with Crippen molar-refractivity contribution in [3.05, 3.63) is 59.7 Å². The first-order valence-corrected chi connectivity index (χ1v) is 10.3. The minimum atomic E-state index is -2.90. The van der Waals surface area contributed by atoms with Crippen LogP contribution in [0.25, 0.3) is 0 Å². The summed E-state index contributed by atoms with van der Waals surface area (Å²) in [5.41, 5.74) is 2.22. The van der Waals surface area contributed by atoms with E-state index in [0.717, 1.165) is 19.5 Å². The summed E-state index contributed by atoms with van der Waals surface area (Å²) in [5.74, 6) is 0.0644. The fourth-order valence-electron chi connectivity index (χ4n) is 4.04. The number of nitrogens with one attached hydrogen (secondary N) is 1. The van der Waals surface area contributed by atoms with Crippen LogP contribution in [0.15, 0.2) is 48.5 Å². The molecule has 0 unspecified atom stereocenters. The van der Waals surface area contributed by atoms with E-state index in [9.17, 15) is 13.6 Å². The Bertz CT molecular complexity index is 848. The van der Waals surface area contributed by atoms with E-state index in [-0.39, 0.29) is 23.9 Å². The third-order valence-corrected chi connectivity index (χ3v) is 5.81. The van der Waals surface area contributed by atoms with Gasteiger partial charge in [0.15, 0.2) is 0 Å². The van der Waals surface area contributed by atoms with Crippen molar-refractivity contribution in [2.45, 2.75) is 45.9 Å². The van der Waals surface area contributed by atoms with Crippen molar-refractivity contribution in [2.75, 3.05) is 25.0 Å². The van der Waals surface area contributed by atoms with Crippen LogP contribution >= 0.6 is 0 Å². The van der Waals surface area contributed by atoms with Gasteiger partial charge in [0.1, 0.15) is 5.75 Å². The monoisotopic (exact) mass is 417 g/mol. The summed E-state index contributed by atoms with van der Waals surface area (Å²) in [6.07, 6.45) is 0.895. The van der Waals surface area contributed by atoms with E-state index in [4.69, 9.17) is 0 Å². The van der Waals surface area contributed by atoms with Crippen molar-refractivity contribution in [1.82, 2.24) is 9.80 Å². The third kappa shape index (κ3) is 5.08. The molecule has 7 heteroatoms. The molecule has 0 saturated carbocycles. The molecule has 1 saturated heterocycles. The number of hydrogen-bond acceptors (Lipinski definition) is 3. The van der Waals surface area contributed by atoms with Gasteiger partial charge in [-0.2, -0.15) is 8.78 Å². The van der Waals surface area contributed by atoms with Crippen molar-refractivity contribution in [3.8, 4) is 5.75 Å². The maximum Gasteiger partial charge on any atom is 0.387 e. The molecule has 3 rings (SSSR count). The van der Waals surface area contributed by atoms with Gasteiger partial charge in [0.05, 0.1) is 0 Å². The topological polar surface area (TPSA) is 44.8 Å². The number of carbonyl (C=O) groups excluding carboxylic acids is 1. The van der Waals surface area contributed by atoms with Crippen LogP contribution in [0.1, 0.15) is 37.4 Å². The molecule has 0 aliphatic carbocycles. The zero-order valence-electron chi connectivity index (χ0n) is 17.6. The molecule has 0 bridgehead atoms. The number of likely N-dealkylation sites (tertiary alicyclic amines) is 1. The predicted molar refractivity (Wildman–Crippen MR) is 114 cm³/mol. The molecule has 2 amide bonds. The van der Waals surface area contributed by atoms with E-state index in [2.05, 4.69) is 34.0 Å². The van der Waals surface area contributed by atoms with E-state index < -0.39 is 6.61 Å². The predicted octanol–water partition coefficient (Wildman–Crippen LogP) is 5.29. The number of ether oxygens (including phenoxy) is 1. The average Bonchev–Trinajstić information content (AvgIpc) is 3.21. The number of benzene rings is 2. The standard InChI is InChI=1S/C23H29F2N3O2/c1-4-28(19-13-14-27(15-19)17(3)18-9-6-5-7-10-18)23(29)26-20-11-8-12-21(16(20)2)30-22(24)25/h5-12,17,19,22H,4,13-15H2,1-3H3,(H,26,29)/t17-,19-/m0/s1. The number of hydrogen-bond donors (Lipinski definition) is 1. The number of alkyl halides is 2. The molecule has 1 aliphatic rings. The number of carbonyl (C=O) groups is 1. The summed E-state index contributed by atoms with van der Waals surface area (Å²) >= 11 is 0. The van der Waals surface area contributed by atoms with E-state index >= 15 is 0 Å². The zero-order valence-corrected chi connectivity index (χ0v) is 17.6. The Kier molecular flexibility index (Phi) is 7.26. The van der Waals surface area contributed by atoms with Gasteiger partial charge in [0, 0.05) is 43.0 Å². The number of rotatable bonds is 7. The minimum Gasteiger partial charge on any atom is -0.434 e. The molecule has 2 atom stereocenters. The molecule has 0 spiro atoms. The Morgan fingerprint density at radius 3 is 2.63 bits per heavy atom. The zero-order chi connectivity index (χ0) is 21.7. The van der Waals surface area contributed by atoms with Gasteiger partial charge in [0.2, 0.25) is 0 Å². The minimum absolute atomic E-state index is 0.0644. The highest BCUT2D eigenvalue weighted by molar-refractivity contribution is 5.90. The number of nitrogens with zero attached hydrogens (tertiary/aromatic N) is 2. The second-order valence-electron chi connectivity index (χ2n) is 7.55. The highest BCUT2D eigenvalue weighted by Gasteiger charge is 2.32. The van der Waals surface area contributed by atoms with Gasteiger partial charge in [-0.15, -0.1) is 0 Å². The van der Waals surface area contributed by atoms with Crippen LogP contribution in [-0.4, -0.2) is 48.1 Å². The fourth-order valence-corrected chi connectivity index (χ4v) is 4.04. The van der Waals surface area contributed by atoms with Gasteiger partial charge >= 0.3 is 12.6 Å². The lowest BCUT2D eigenvalue weighted by molar-refractivity contribution is -0.0502. The summed E-state index contributed by atoms with van der Waals surface area (Å²) in [6, 6.07) is 15.2. The molecule has 162 valence electrons. The summed E-state index contributed by atoms with van der Waals surface area (Å²) in [5, 5.41) is 2.87. The van der Waals surface area contributed by atoms with Crippen LogP contribution in [0, 0.1) is 6.92 Å².